The van der Waals surface area contributed by atoms with Crippen LogP contribution in [0.4, 0.5) is 0 Å². The smallest absolute Gasteiger partial charge is 0.160 e. The quantitative estimate of drug-likeness (QED) is 0.186. The van der Waals surface area contributed by atoms with Gasteiger partial charge < -0.3 is 0 Å². The van der Waals surface area contributed by atoms with Crippen molar-refractivity contribution in [3.05, 3.63) is 151 Å². The number of pyridine rings is 3. The first kappa shape index (κ1) is 27.5. The van der Waals surface area contributed by atoms with Crippen molar-refractivity contribution in [2.24, 2.45) is 0 Å². The fraction of sp³-hybridized carbons (Fsp3) is 0.0488. The molecular formula is C41H29N5. The summed E-state index contributed by atoms with van der Waals surface area (Å²) in [7, 11) is 0. The van der Waals surface area contributed by atoms with Crippen LogP contribution >= 0.6 is 0 Å². The lowest BCUT2D eigenvalue weighted by atomic mass is 9.99. The summed E-state index contributed by atoms with van der Waals surface area (Å²) in [6.07, 6.45) is 1.79. The van der Waals surface area contributed by atoms with Gasteiger partial charge in [-0.3, -0.25) is 9.97 Å². The summed E-state index contributed by atoms with van der Waals surface area (Å²) < 4.78 is 0. The molecule has 0 aliphatic carbocycles. The summed E-state index contributed by atoms with van der Waals surface area (Å²) in [6.45, 7) is 4.17. The first-order valence-electron chi connectivity index (χ1n) is 15.3. The molecular weight excluding hydrogens is 562 g/mol. The lowest BCUT2D eigenvalue weighted by Crippen LogP contribution is -1.97. The summed E-state index contributed by atoms with van der Waals surface area (Å²) in [4.78, 5) is 24.4. The normalized spacial score (nSPS) is 11.3. The summed E-state index contributed by atoms with van der Waals surface area (Å²) >= 11 is 0. The highest BCUT2D eigenvalue weighted by molar-refractivity contribution is 6.04. The number of aryl methyl sites for hydroxylation is 2. The van der Waals surface area contributed by atoms with Crippen molar-refractivity contribution in [3.8, 4) is 56.4 Å². The maximum absolute atomic E-state index is 5.10. The van der Waals surface area contributed by atoms with E-state index in [0.717, 1.165) is 78.1 Å². The number of aromatic nitrogens is 5. The van der Waals surface area contributed by atoms with Gasteiger partial charge in [0.15, 0.2) is 5.82 Å². The average molecular weight is 592 g/mol. The molecule has 8 rings (SSSR count). The first-order chi connectivity index (χ1) is 22.6. The maximum atomic E-state index is 5.10. The minimum absolute atomic E-state index is 0.671. The summed E-state index contributed by atoms with van der Waals surface area (Å²) in [5.74, 6) is 0.671. The van der Waals surface area contributed by atoms with E-state index < -0.39 is 0 Å². The van der Waals surface area contributed by atoms with Crippen molar-refractivity contribution in [1.29, 1.82) is 0 Å². The molecule has 0 radical (unpaired) electrons. The predicted molar refractivity (Wildman–Crippen MR) is 187 cm³/mol. The Bertz CT molecular complexity index is 2310. The predicted octanol–water partition coefficient (Wildman–Crippen LogP) is 9.92. The minimum atomic E-state index is 0.671. The van der Waals surface area contributed by atoms with E-state index in [1.165, 1.54) is 5.56 Å². The highest BCUT2D eigenvalue weighted by atomic mass is 14.9. The molecule has 0 fully saturated rings. The van der Waals surface area contributed by atoms with Gasteiger partial charge in [-0.25, -0.2) is 15.0 Å². The zero-order valence-electron chi connectivity index (χ0n) is 25.5. The van der Waals surface area contributed by atoms with Gasteiger partial charge in [-0.05, 0) is 66.9 Å². The van der Waals surface area contributed by atoms with Gasteiger partial charge in [0.05, 0.1) is 33.8 Å². The molecule has 0 N–H and O–H groups in total. The molecule has 0 atom stereocenters. The molecule has 4 aromatic heterocycles. The largest absolute Gasteiger partial charge is 0.255 e. The fourth-order valence-electron chi connectivity index (χ4n) is 6.01. The lowest BCUT2D eigenvalue weighted by Gasteiger charge is -2.11. The van der Waals surface area contributed by atoms with Crippen LogP contribution in [-0.2, 0) is 0 Å². The topological polar surface area (TPSA) is 64.5 Å². The molecule has 8 aromatic rings. The molecule has 5 nitrogen and oxygen atoms in total. The number of benzene rings is 4. The van der Waals surface area contributed by atoms with E-state index in [1.807, 2.05) is 61.5 Å². The van der Waals surface area contributed by atoms with Crippen LogP contribution in [0.3, 0.4) is 0 Å². The summed E-state index contributed by atoms with van der Waals surface area (Å²) in [5, 5.41) is 2.23. The zero-order chi connectivity index (χ0) is 31.0. The van der Waals surface area contributed by atoms with Crippen molar-refractivity contribution in [3.63, 3.8) is 0 Å². The SMILES string of the molecule is Cc1cc(C)c2ccc3ccc(-c4ccc(-c5cccc(-c6cc(-c7ccccn7)nc(-c7ccccc7)n6)c5)cc4)nc3c2n1. The fourth-order valence-corrected chi connectivity index (χ4v) is 6.01. The second kappa shape index (κ2) is 11.5. The molecule has 5 heteroatoms. The molecule has 0 aliphatic heterocycles. The minimum Gasteiger partial charge on any atom is -0.255 e. The van der Waals surface area contributed by atoms with E-state index in [-0.39, 0.29) is 0 Å². The van der Waals surface area contributed by atoms with Crippen molar-refractivity contribution in [1.82, 2.24) is 24.9 Å². The van der Waals surface area contributed by atoms with E-state index in [2.05, 4.69) is 90.8 Å². The van der Waals surface area contributed by atoms with Crippen molar-refractivity contribution >= 4 is 21.8 Å². The summed E-state index contributed by atoms with van der Waals surface area (Å²) in [6, 6.07) is 45.7. The van der Waals surface area contributed by atoms with Crippen LogP contribution in [0.15, 0.2) is 140 Å². The Hall–Kier alpha value is -6.07. The average Bonchev–Trinajstić information content (AvgIpc) is 3.12. The van der Waals surface area contributed by atoms with E-state index >= 15 is 0 Å². The van der Waals surface area contributed by atoms with Crippen LogP contribution < -0.4 is 0 Å². The molecule has 4 aromatic carbocycles. The van der Waals surface area contributed by atoms with Gasteiger partial charge in [0.25, 0.3) is 0 Å². The Balaban J connectivity index is 1.16. The van der Waals surface area contributed by atoms with Crippen LogP contribution in [0, 0.1) is 13.8 Å². The maximum Gasteiger partial charge on any atom is 0.160 e. The second-order valence-electron chi connectivity index (χ2n) is 11.5. The lowest BCUT2D eigenvalue weighted by molar-refractivity contribution is 1.16. The molecule has 4 heterocycles. The van der Waals surface area contributed by atoms with Gasteiger partial charge >= 0.3 is 0 Å². The third-order valence-electron chi connectivity index (χ3n) is 8.33. The van der Waals surface area contributed by atoms with E-state index in [9.17, 15) is 0 Å². The molecule has 46 heavy (non-hydrogen) atoms. The Kier molecular flexibility index (Phi) is 6.84. The van der Waals surface area contributed by atoms with Crippen LogP contribution in [0.2, 0.25) is 0 Å². The van der Waals surface area contributed by atoms with E-state index in [0.29, 0.717) is 5.82 Å². The molecule has 0 saturated heterocycles. The Morgan fingerprint density at radius 3 is 1.98 bits per heavy atom. The van der Waals surface area contributed by atoms with Gasteiger partial charge in [-0.2, -0.15) is 0 Å². The highest BCUT2D eigenvalue weighted by Crippen LogP contribution is 2.32. The van der Waals surface area contributed by atoms with Crippen LogP contribution in [0.5, 0.6) is 0 Å². The van der Waals surface area contributed by atoms with Gasteiger partial charge in [0.1, 0.15) is 0 Å². The van der Waals surface area contributed by atoms with Crippen LogP contribution in [0.1, 0.15) is 11.3 Å². The third-order valence-corrected chi connectivity index (χ3v) is 8.33. The van der Waals surface area contributed by atoms with Crippen molar-refractivity contribution in [2.75, 3.05) is 0 Å². The molecule has 0 unspecified atom stereocenters. The first-order valence-corrected chi connectivity index (χ1v) is 15.3. The van der Waals surface area contributed by atoms with Crippen LogP contribution in [0.25, 0.3) is 78.2 Å². The Labute approximate surface area is 267 Å². The van der Waals surface area contributed by atoms with E-state index in [4.69, 9.17) is 19.9 Å². The molecule has 0 aliphatic rings. The number of rotatable bonds is 5. The second-order valence-corrected chi connectivity index (χ2v) is 11.5. The molecule has 0 saturated carbocycles. The van der Waals surface area contributed by atoms with E-state index in [1.54, 1.807) is 6.20 Å². The molecule has 0 bridgehead atoms. The zero-order valence-corrected chi connectivity index (χ0v) is 25.5. The van der Waals surface area contributed by atoms with Crippen LogP contribution in [-0.4, -0.2) is 24.9 Å². The van der Waals surface area contributed by atoms with Gasteiger partial charge in [-0.1, -0.05) is 97.1 Å². The number of nitrogens with zero attached hydrogens (tertiary/aromatic N) is 5. The van der Waals surface area contributed by atoms with Gasteiger partial charge in [0.2, 0.25) is 0 Å². The van der Waals surface area contributed by atoms with Gasteiger partial charge in [-0.15, -0.1) is 0 Å². The number of hydrogen-bond donors (Lipinski definition) is 0. The van der Waals surface area contributed by atoms with Crippen molar-refractivity contribution < 1.29 is 0 Å². The Morgan fingerprint density at radius 2 is 1.15 bits per heavy atom. The number of hydrogen-bond acceptors (Lipinski definition) is 5. The monoisotopic (exact) mass is 591 g/mol. The highest BCUT2D eigenvalue weighted by Gasteiger charge is 2.13. The molecule has 218 valence electrons. The molecule has 0 spiro atoms. The Morgan fingerprint density at radius 1 is 0.413 bits per heavy atom. The third kappa shape index (κ3) is 5.18. The molecule has 0 amide bonds. The summed E-state index contributed by atoms with van der Waals surface area (Å²) in [5.41, 5.74) is 12.7. The van der Waals surface area contributed by atoms with Crippen molar-refractivity contribution in [2.45, 2.75) is 13.8 Å². The standard InChI is InChI=1S/C41H29N5/c1-26-23-27(2)43-40-34(26)20-18-30-19-21-35(44-39(30)40)29-16-14-28(15-17-29)32-11-8-12-33(24-32)37-25-38(36-13-6-7-22-42-36)46-41(45-37)31-9-4-3-5-10-31/h3-25H,1-2H3. The number of fused-ring (bicyclic) bond motifs is 3. The van der Waals surface area contributed by atoms with Gasteiger partial charge in [0, 0.05) is 39.4 Å².